The lowest BCUT2D eigenvalue weighted by Gasteiger charge is -2.32. The molecule has 0 fully saturated rings. The van der Waals surface area contributed by atoms with Crippen molar-refractivity contribution in [2.75, 3.05) is 5.32 Å². The lowest BCUT2D eigenvalue weighted by atomic mass is 10.1. The van der Waals surface area contributed by atoms with Gasteiger partial charge >= 0.3 is 0 Å². The van der Waals surface area contributed by atoms with E-state index in [2.05, 4.69) is 61.4 Å². The van der Waals surface area contributed by atoms with Gasteiger partial charge in [0, 0.05) is 5.69 Å². The summed E-state index contributed by atoms with van der Waals surface area (Å²) in [5.41, 5.74) is 2.36. The van der Waals surface area contributed by atoms with Crippen LogP contribution in [0, 0.1) is 0 Å². The Balaban J connectivity index is 2.30. The van der Waals surface area contributed by atoms with Crippen molar-refractivity contribution in [1.29, 1.82) is 0 Å². The Hall–Kier alpha value is -1.25. The van der Waals surface area contributed by atoms with E-state index in [9.17, 15) is 0 Å². The molecule has 0 unspecified atom stereocenters. The molecule has 0 aliphatic rings. The van der Waals surface area contributed by atoms with Crippen LogP contribution in [0.15, 0.2) is 60.7 Å². The maximum Gasteiger partial charge on any atom is 0.0679 e. The zero-order valence-corrected chi connectivity index (χ0v) is 14.1. The standard InChI is InChI=1S/C17H22ClNSi/c1-20(2,3)17(18)16(14-10-6-4-7-11-14)19-15-12-8-5-9-13-15/h4-13,16-17,19H,1-3H3/t16-,17-/m1/s1. The van der Waals surface area contributed by atoms with E-state index in [4.69, 9.17) is 11.6 Å². The second kappa shape index (κ2) is 6.46. The first-order chi connectivity index (χ1) is 9.48. The molecule has 2 rings (SSSR count). The molecule has 0 aromatic heterocycles. The van der Waals surface area contributed by atoms with Crippen LogP contribution < -0.4 is 5.32 Å². The Morgan fingerprint density at radius 2 is 1.35 bits per heavy atom. The van der Waals surface area contributed by atoms with Crippen LogP contribution in [0.5, 0.6) is 0 Å². The lowest BCUT2D eigenvalue weighted by molar-refractivity contribution is 0.829. The molecule has 20 heavy (non-hydrogen) atoms. The predicted molar refractivity (Wildman–Crippen MR) is 92.2 cm³/mol. The highest BCUT2D eigenvalue weighted by molar-refractivity contribution is 6.84. The largest absolute Gasteiger partial charge is 0.377 e. The third-order valence-electron chi connectivity index (χ3n) is 3.37. The number of rotatable bonds is 5. The van der Waals surface area contributed by atoms with Gasteiger partial charge in [0.2, 0.25) is 0 Å². The molecule has 0 aliphatic heterocycles. The second-order valence-electron chi connectivity index (χ2n) is 6.17. The van der Waals surface area contributed by atoms with Gasteiger partial charge in [0.05, 0.1) is 19.1 Å². The van der Waals surface area contributed by atoms with Gasteiger partial charge in [0.25, 0.3) is 0 Å². The van der Waals surface area contributed by atoms with Gasteiger partial charge in [0.1, 0.15) is 0 Å². The van der Waals surface area contributed by atoms with Crippen molar-refractivity contribution in [3.63, 3.8) is 0 Å². The Labute approximate surface area is 128 Å². The van der Waals surface area contributed by atoms with Gasteiger partial charge in [-0.25, -0.2) is 0 Å². The first-order valence-corrected chi connectivity index (χ1v) is 11.0. The number of hydrogen-bond acceptors (Lipinski definition) is 1. The van der Waals surface area contributed by atoms with Gasteiger partial charge in [-0.2, -0.15) is 0 Å². The number of nitrogens with one attached hydrogen (secondary N) is 1. The molecule has 1 N–H and O–H groups in total. The van der Waals surface area contributed by atoms with Crippen molar-refractivity contribution < 1.29 is 0 Å². The molecule has 0 spiro atoms. The summed E-state index contributed by atoms with van der Waals surface area (Å²) in [6.07, 6.45) is 0. The van der Waals surface area contributed by atoms with E-state index in [1.165, 1.54) is 5.56 Å². The number of benzene rings is 2. The van der Waals surface area contributed by atoms with Crippen molar-refractivity contribution in [3.05, 3.63) is 66.2 Å². The zero-order chi connectivity index (χ0) is 14.6. The van der Waals surface area contributed by atoms with Gasteiger partial charge in [-0.3, -0.25) is 0 Å². The van der Waals surface area contributed by atoms with Crippen LogP contribution in [0.1, 0.15) is 11.6 Å². The van der Waals surface area contributed by atoms with Crippen molar-refractivity contribution in [2.45, 2.75) is 30.7 Å². The number of para-hydroxylation sites is 1. The van der Waals surface area contributed by atoms with Crippen LogP contribution in [-0.4, -0.2) is 13.1 Å². The van der Waals surface area contributed by atoms with Crippen molar-refractivity contribution in [3.8, 4) is 0 Å². The van der Waals surface area contributed by atoms with Crippen LogP contribution in [0.25, 0.3) is 0 Å². The van der Waals surface area contributed by atoms with Crippen molar-refractivity contribution >= 4 is 25.4 Å². The normalized spacial score (nSPS) is 14.6. The summed E-state index contributed by atoms with van der Waals surface area (Å²) in [5, 5.41) is 3.73. The van der Waals surface area contributed by atoms with E-state index in [0.29, 0.717) is 0 Å². The van der Waals surface area contributed by atoms with Crippen LogP contribution in [0.3, 0.4) is 0 Å². The van der Waals surface area contributed by atoms with Crippen LogP contribution in [0.2, 0.25) is 19.6 Å². The molecule has 106 valence electrons. The molecule has 0 bridgehead atoms. The van der Waals surface area contributed by atoms with Gasteiger partial charge in [0.15, 0.2) is 0 Å². The fraction of sp³-hybridized carbons (Fsp3) is 0.294. The molecule has 0 aliphatic carbocycles. The lowest BCUT2D eigenvalue weighted by Crippen LogP contribution is -2.41. The van der Waals surface area contributed by atoms with Crippen molar-refractivity contribution in [1.82, 2.24) is 0 Å². The third-order valence-corrected chi connectivity index (χ3v) is 7.58. The molecule has 2 aromatic rings. The number of alkyl halides is 1. The van der Waals surface area contributed by atoms with E-state index in [1.54, 1.807) is 0 Å². The minimum Gasteiger partial charge on any atom is -0.377 e. The minimum atomic E-state index is -1.46. The average Bonchev–Trinajstić information content (AvgIpc) is 2.45. The number of hydrogen-bond donors (Lipinski definition) is 1. The van der Waals surface area contributed by atoms with Gasteiger partial charge in [-0.1, -0.05) is 68.2 Å². The Bertz CT molecular complexity index is 522. The second-order valence-corrected chi connectivity index (χ2v) is 12.4. The summed E-state index contributed by atoms with van der Waals surface area (Å²) in [7, 11) is -1.46. The summed E-state index contributed by atoms with van der Waals surface area (Å²) in [5.74, 6) is 0. The molecule has 0 saturated heterocycles. The third kappa shape index (κ3) is 3.87. The van der Waals surface area contributed by atoms with Crippen LogP contribution in [0.4, 0.5) is 5.69 Å². The molecular weight excluding hydrogens is 282 g/mol. The highest BCUT2D eigenvalue weighted by Gasteiger charge is 2.33. The monoisotopic (exact) mass is 303 g/mol. The minimum absolute atomic E-state index is 0.130. The van der Waals surface area contributed by atoms with E-state index in [-0.39, 0.29) is 11.0 Å². The fourth-order valence-corrected chi connectivity index (χ4v) is 3.68. The smallest absolute Gasteiger partial charge is 0.0679 e. The Morgan fingerprint density at radius 1 is 0.850 bits per heavy atom. The predicted octanol–water partition coefficient (Wildman–Crippen LogP) is 5.32. The topological polar surface area (TPSA) is 12.0 Å². The van der Waals surface area contributed by atoms with E-state index >= 15 is 0 Å². The highest BCUT2D eigenvalue weighted by Crippen LogP contribution is 2.31. The molecule has 2 atom stereocenters. The molecule has 1 nitrogen and oxygen atoms in total. The summed E-state index contributed by atoms with van der Waals surface area (Å²) in [6.45, 7) is 6.94. The quantitative estimate of drug-likeness (QED) is 0.582. The SMILES string of the molecule is C[Si](C)(C)[C@@H](Cl)[C@H](Nc1ccccc1)c1ccccc1. The summed E-state index contributed by atoms with van der Waals surface area (Å²) >= 11 is 6.81. The van der Waals surface area contributed by atoms with E-state index < -0.39 is 8.07 Å². The number of anilines is 1. The first kappa shape index (κ1) is 15.1. The maximum atomic E-state index is 6.81. The first-order valence-electron chi connectivity index (χ1n) is 6.99. The Morgan fingerprint density at radius 3 is 1.85 bits per heavy atom. The summed E-state index contributed by atoms with van der Waals surface area (Å²) < 4.78 is 0. The van der Waals surface area contributed by atoms with E-state index in [0.717, 1.165) is 5.69 Å². The highest BCUT2D eigenvalue weighted by atomic mass is 35.5. The molecule has 0 amide bonds. The average molecular weight is 304 g/mol. The number of halogens is 1. The molecule has 0 saturated carbocycles. The van der Waals surface area contributed by atoms with Gasteiger partial charge < -0.3 is 5.32 Å². The molecule has 3 heteroatoms. The Kier molecular flexibility index (Phi) is 4.89. The van der Waals surface area contributed by atoms with Gasteiger partial charge in [-0.05, 0) is 17.7 Å². The van der Waals surface area contributed by atoms with E-state index in [1.807, 2.05) is 24.3 Å². The van der Waals surface area contributed by atoms with Crippen LogP contribution in [-0.2, 0) is 0 Å². The van der Waals surface area contributed by atoms with Gasteiger partial charge in [-0.15, -0.1) is 11.6 Å². The molecule has 0 heterocycles. The maximum absolute atomic E-state index is 6.81. The molecule has 2 aromatic carbocycles. The van der Waals surface area contributed by atoms with Crippen LogP contribution >= 0.6 is 11.6 Å². The fourth-order valence-electron chi connectivity index (χ4n) is 2.20. The van der Waals surface area contributed by atoms with Crippen molar-refractivity contribution in [2.24, 2.45) is 0 Å². The molecular formula is C17H22ClNSi. The summed E-state index contributed by atoms with van der Waals surface area (Å²) in [6, 6.07) is 20.9. The molecule has 0 radical (unpaired) electrons. The zero-order valence-electron chi connectivity index (χ0n) is 12.3. The summed E-state index contributed by atoms with van der Waals surface area (Å²) in [4.78, 5) is 0.